The number of benzene rings is 2. The highest BCUT2D eigenvalue weighted by Crippen LogP contribution is 2.22. The van der Waals surface area contributed by atoms with Crippen LogP contribution < -0.4 is 10.6 Å². The molecule has 0 saturated carbocycles. The molecule has 0 radical (unpaired) electrons. The fraction of sp³-hybridized carbons (Fsp3) is 0. The van der Waals surface area contributed by atoms with E-state index in [-0.39, 0.29) is 18.4 Å². The van der Waals surface area contributed by atoms with Crippen molar-refractivity contribution in [2.24, 2.45) is 0 Å². The number of hydrogen-bond acceptors (Lipinski definition) is 4. The SMILES string of the molecule is Cl.O=C(Nc1ccc2ocnc2c1)Nc1ccnc2ccccc12. The molecule has 4 rings (SSSR count). The lowest BCUT2D eigenvalue weighted by Gasteiger charge is -2.09. The Hall–Kier alpha value is -3.12. The molecule has 2 heterocycles. The molecule has 6 nitrogen and oxygen atoms in total. The second-order valence-corrected chi connectivity index (χ2v) is 4.99. The van der Waals surface area contributed by atoms with Gasteiger partial charge in [-0.05, 0) is 30.3 Å². The largest absolute Gasteiger partial charge is 0.443 e. The number of para-hydroxylation sites is 1. The van der Waals surface area contributed by atoms with Gasteiger partial charge in [0.1, 0.15) is 5.52 Å². The molecular formula is C17H13ClN4O2. The molecule has 2 amide bonds. The van der Waals surface area contributed by atoms with Crippen LogP contribution in [0.4, 0.5) is 16.2 Å². The van der Waals surface area contributed by atoms with Crippen LogP contribution in [0, 0.1) is 0 Å². The van der Waals surface area contributed by atoms with Gasteiger partial charge < -0.3 is 15.1 Å². The third-order valence-corrected chi connectivity index (χ3v) is 3.49. The molecule has 120 valence electrons. The number of hydrogen-bond donors (Lipinski definition) is 2. The van der Waals surface area contributed by atoms with Gasteiger partial charge in [-0.2, -0.15) is 0 Å². The third-order valence-electron chi connectivity index (χ3n) is 3.49. The van der Waals surface area contributed by atoms with Gasteiger partial charge in [-0.1, -0.05) is 18.2 Å². The Morgan fingerprint density at radius 2 is 1.83 bits per heavy atom. The van der Waals surface area contributed by atoms with Crippen LogP contribution in [-0.4, -0.2) is 16.0 Å². The van der Waals surface area contributed by atoms with E-state index in [1.165, 1.54) is 6.39 Å². The minimum Gasteiger partial charge on any atom is -0.443 e. The molecule has 0 aliphatic carbocycles. The molecule has 2 N–H and O–H groups in total. The van der Waals surface area contributed by atoms with Gasteiger partial charge in [0.05, 0.1) is 11.2 Å². The number of carbonyl (C=O) groups excluding carboxylic acids is 1. The molecule has 7 heteroatoms. The highest BCUT2D eigenvalue weighted by molar-refractivity contribution is 6.05. The monoisotopic (exact) mass is 340 g/mol. The van der Waals surface area contributed by atoms with Crippen molar-refractivity contribution in [1.82, 2.24) is 9.97 Å². The molecule has 2 aromatic carbocycles. The van der Waals surface area contributed by atoms with Gasteiger partial charge >= 0.3 is 6.03 Å². The predicted octanol–water partition coefficient (Wildman–Crippen LogP) is 4.44. The van der Waals surface area contributed by atoms with Gasteiger partial charge in [-0.25, -0.2) is 9.78 Å². The minimum atomic E-state index is -0.329. The number of halogens is 1. The molecule has 2 aromatic heterocycles. The van der Waals surface area contributed by atoms with Crippen molar-refractivity contribution in [2.75, 3.05) is 10.6 Å². The van der Waals surface area contributed by atoms with Gasteiger partial charge in [0.2, 0.25) is 0 Å². The maximum atomic E-state index is 12.2. The van der Waals surface area contributed by atoms with Crippen molar-refractivity contribution in [2.45, 2.75) is 0 Å². The van der Waals surface area contributed by atoms with Crippen LogP contribution in [0.15, 0.2) is 65.5 Å². The number of carbonyl (C=O) groups is 1. The first-order chi connectivity index (χ1) is 11.3. The normalized spacial score (nSPS) is 10.3. The van der Waals surface area contributed by atoms with Crippen molar-refractivity contribution >= 4 is 51.8 Å². The molecule has 0 fully saturated rings. The van der Waals surface area contributed by atoms with Crippen LogP contribution in [0.25, 0.3) is 22.0 Å². The van der Waals surface area contributed by atoms with E-state index in [1.807, 2.05) is 24.3 Å². The van der Waals surface area contributed by atoms with E-state index in [0.717, 1.165) is 10.9 Å². The summed E-state index contributed by atoms with van der Waals surface area (Å²) in [5, 5.41) is 6.51. The molecule has 24 heavy (non-hydrogen) atoms. The number of urea groups is 1. The number of rotatable bonds is 2. The van der Waals surface area contributed by atoms with Crippen LogP contribution in [0.1, 0.15) is 0 Å². The number of aromatic nitrogens is 2. The lowest BCUT2D eigenvalue weighted by molar-refractivity contribution is 0.262. The van der Waals surface area contributed by atoms with Crippen molar-refractivity contribution < 1.29 is 9.21 Å². The van der Waals surface area contributed by atoms with Crippen molar-refractivity contribution in [3.8, 4) is 0 Å². The summed E-state index contributed by atoms with van der Waals surface area (Å²) in [4.78, 5) is 20.5. The van der Waals surface area contributed by atoms with Crippen LogP contribution in [0.3, 0.4) is 0 Å². The average molecular weight is 341 g/mol. The molecule has 0 aliphatic rings. The maximum Gasteiger partial charge on any atom is 0.323 e. The summed E-state index contributed by atoms with van der Waals surface area (Å²) >= 11 is 0. The summed E-state index contributed by atoms with van der Waals surface area (Å²) in [6.07, 6.45) is 3.04. The van der Waals surface area contributed by atoms with Gasteiger partial charge in [-0.3, -0.25) is 4.98 Å². The summed E-state index contributed by atoms with van der Waals surface area (Å²) in [6.45, 7) is 0. The standard InChI is InChI=1S/C17H12N4O2.ClH/c22-17(20-11-5-6-16-15(9-11)19-10-23-16)21-14-7-8-18-13-4-2-1-3-12(13)14;/h1-10H,(H2,18,20,21,22);1H. The van der Waals surface area contributed by atoms with Crippen molar-refractivity contribution in [3.63, 3.8) is 0 Å². The number of amides is 2. The Bertz CT molecular complexity index is 1010. The number of anilines is 2. The molecule has 0 spiro atoms. The lowest BCUT2D eigenvalue weighted by atomic mass is 10.2. The molecule has 4 aromatic rings. The average Bonchev–Trinajstić information content (AvgIpc) is 3.03. The Morgan fingerprint density at radius 3 is 2.75 bits per heavy atom. The first kappa shape index (κ1) is 15.8. The van der Waals surface area contributed by atoms with Gasteiger partial charge in [-0.15, -0.1) is 12.4 Å². The highest BCUT2D eigenvalue weighted by atomic mass is 35.5. The van der Waals surface area contributed by atoms with E-state index >= 15 is 0 Å². The quantitative estimate of drug-likeness (QED) is 0.565. The third kappa shape index (κ3) is 3.00. The Morgan fingerprint density at radius 1 is 0.958 bits per heavy atom. The second kappa shape index (κ2) is 6.55. The Balaban J connectivity index is 0.00000169. The summed E-state index contributed by atoms with van der Waals surface area (Å²) in [7, 11) is 0. The van der Waals surface area contributed by atoms with E-state index in [2.05, 4.69) is 20.6 Å². The molecule has 0 aliphatic heterocycles. The number of fused-ring (bicyclic) bond motifs is 2. The number of pyridine rings is 1. The highest BCUT2D eigenvalue weighted by Gasteiger charge is 2.07. The fourth-order valence-electron chi connectivity index (χ4n) is 2.43. The van der Waals surface area contributed by atoms with Crippen molar-refractivity contribution in [1.29, 1.82) is 0 Å². The zero-order chi connectivity index (χ0) is 15.6. The van der Waals surface area contributed by atoms with Gasteiger partial charge in [0.15, 0.2) is 12.0 Å². The Labute approximate surface area is 143 Å². The number of oxazole rings is 1. The van der Waals surface area contributed by atoms with Crippen molar-refractivity contribution in [3.05, 3.63) is 61.1 Å². The molecule has 0 atom stereocenters. The molecule has 0 saturated heterocycles. The first-order valence-electron chi connectivity index (χ1n) is 7.04. The minimum absolute atomic E-state index is 0. The van der Waals surface area contributed by atoms with E-state index < -0.39 is 0 Å². The smallest absolute Gasteiger partial charge is 0.323 e. The van der Waals surface area contributed by atoms with Gasteiger partial charge in [0, 0.05) is 17.3 Å². The topological polar surface area (TPSA) is 80.0 Å². The van der Waals surface area contributed by atoms with Crippen LogP contribution >= 0.6 is 12.4 Å². The summed E-state index contributed by atoms with van der Waals surface area (Å²) in [5.41, 5.74) is 3.54. The summed E-state index contributed by atoms with van der Waals surface area (Å²) < 4.78 is 5.18. The molecule has 0 bridgehead atoms. The number of nitrogens with one attached hydrogen (secondary N) is 2. The van der Waals surface area contributed by atoms with E-state index in [4.69, 9.17) is 4.42 Å². The van der Waals surface area contributed by atoms with Gasteiger partial charge in [0.25, 0.3) is 0 Å². The van der Waals surface area contributed by atoms with Crippen LogP contribution in [0.2, 0.25) is 0 Å². The summed E-state index contributed by atoms with van der Waals surface area (Å²) in [5.74, 6) is 0. The van der Waals surface area contributed by atoms with E-state index in [0.29, 0.717) is 22.5 Å². The second-order valence-electron chi connectivity index (χ2n) is 4.99. The van der Waals surface area contributed by atoms with E-state index in [9.17, 15) is 4.79 Å². The maximum absolute atomic E-state index is 12.2. The van der Waals surface area contributed by atoms with E-state index in [1.54, 1.807) is 30.5 Å². The molecule has 0 unspecified atom stereocenters. The summed E-state index contributed by atoms with van der Waals surface area (Å²) in [6, 6.07) is 14.3. The molecular weight excluding hydrogens is 328 g/mol. The first-order valence-corrected chi connectivity index (χ1v) is 7.04. The zero-order valence-corrected chi connectivity index (χ0v) is 13.2. The fourth-order valence-corrected chi connectivity index (χ4v) is 2.43. The van der Waals surface area contributed by atoms with Crippen LogP contribution in [0.5, 0.6) is 0 Å². The Kier molecular flexibility index (Phi) is 4.31. The lowest BCUT2D eigenvalue weighted by Crippen LogP contribution is -2.19. The number of nitrogens with zero attached hydrogens (tertiary/aromatic N) is 2. The van der Waals surface area contributed by atoms with Crippen LogP contribution in [-0.2, 0) is 0 Å². The zero-order valence-electron chi connectivity index (χ0n) is 12.4. The predicted molar refractivity (Wildman–Crippen MR) is 95.6 cm³/mol.